The van der Waals surface area contributed by atoms with Gasteiger partial charge in [0.15, 0.2) is 5.69 Å². The minimum atomic E-state index is -0.497. The molecule has 3 rings (SSSR count). The molecule has 0 radical (unpaired) electrons. The van der Waals surface area contributed by atoms with E-state index in [1.165, 1.54) is 12.1 Å². The number of H-pyrrole nitrogens is 2. The smallest absolute Gasteiger partial charge is 0.292 e. The summed E-state index contributed by atoms with van der Waals surface area (Å²) in [6.45, 7) is 1.89. The standard InChI is InChI=1S/C16H13N5O3/c1-10-5-2-3-8-13(10)17-19-15-14(18-20-16(15)22)11-6-4-7-12(9-11)21(23)24/h2-9H,1H3,(H2,18,20,22). The third kappa shape index (κ3) is 2.98. The fraction of sp³-hybridized carbons (Fsp3) is 0.0625. The first-order valence-corrected chi connectivity index (χ1v) is 7.09. The maximum atomic E-state index is 12.0. The van der Waals surface area contributed by atoms with E-state index in [0.29, 0.717) is 16.9 Å². The topological polar surface area (TPSA) is 117 Å². The lowest BCUT2D eigenvalue weighted by Gasteiger charge is -2.00. The van der Waals surface area contributed by atoms with Crippen LogP contribution in [0.4, 0.5) is 17.1 Å². The number of azo groups is 1. The number of aromatic amines is 2. The van der Waals surface area contributed by atoms with E-state index in [-0.39, 0.29) is 11.4 Å². The first-order chi connectivity index (χ1) is 11.6. The quantitative estimate of drug-likeness (QED) is 0.429. The number of aryl methyl sites for hydroxylation is 1. The molecule has 1 aromatic heterocycles. The van der Waals surface area contributed by atoms with Gasteiger partial charge in [-0.15, -0.1) is 5.11 Å². The van der Waals surface area contributed by atoms with E-state index in [4.69, 9.17) is 0 Å². The number of nitrogens with one attached hydrogen (secondary N) is 2. The van der Waals surface area contributed by atoms with E-state index >= 15 is 0 Å². The van der Waals surface area contributed by atoms with Crippen molar-refractivity contribution in [1.82, 2.24) is 10.2 Å². The van der Waals surface area contributed by atoms with Crippen LogP contribution in [0.5, 0.6) is 0 Å². The number of aromatic nitrogens is 2. The Labute approximate surface area is 136 Å². The van der Waals surface area contributed by atoms with Crippen molar-refractivity contribution in [2.45, 2.75) is 6.92 Å². The van der Waals surface area contributed by atoms with Crippen LogP contribution in [-0.2, 0) is 0 Å². The van der Waals surface area contributed by atoms with E-state index in [9.17, 15) is 14.9 Å². The lowest BCUT2D eigenvalue weighted by molar-refractivity contribution is -0.384. The second-order valence-electron chi connectivity index (χ2n) is 5.10. The highest BCUT2D eigenvalue weighted by Gasteiger charge is 2.14. The molecule has 0 aliphatic carbocycles. The van der Waals surface area contributed by atoms with Crippen LogP contribution in [0.15, 0.2) is 63.6 Å². The molecule has 120 valence electrons. The van der Waals surface area contributed by atoms with Crippen molar-refractivity contribution in [1.29, 1.82) is 0 Å². The summed E-state index contributed by atoms with van der Waals surface area (Å²) in [5.74, 6) is 0. The summed E-state index contributed by atoms with van der Waals surface area (Å²) in [6, 6.07) is 13.3. The van der Waals surface area contributed by atoms with Crippen molar-refractivity contribution < 1.29 is 4.92 Å². The summed E-state index contributed by atoms with van der Waals surface area (Å²) >= 11 is 0. The van der Waals surface area contributed by atoms with E-state index < -0.39 is 10.5 Å². The zero-order chi connectivity index (χ0) is 17.1. The van der Waals surface area contributed by atoms with Crippen LogP contribution in [0, 0.1) is 17.0 Å². The van der Waals surface area contributed by atoms with Gasteiger partial charge in [-0.05, 0) is 18.6 Å². The van der Waals surface area contributed by atoms with Gasteiger partial charge in [-0.1, -0.05) is 30.3 Å². The lowest BCUT2D eigenvalue weighted by atomic mass is 10.1. The molecule has 3 aromatic rings. The van der Waals surface area contributed by atoms with Crippen LogP contribution in [-0.4, -0.2) is 15.1 Å². The molecule has 0 bridgehead atoms. The molecule has 24 heavy (non-hydrogen) atoms. The summed E-state index contributed by atoms with van der Waals surface area (Å²) in [5.41, 5.74) is 1.93. The van der Waals surface area contributed by atoms with Crippen molar-refractivity contribution in [3.05, 3.63) is 74.6 Å². The molecule has 0 amide bonds. The second-order valence-corrected chi connectivity index (χ2v) is 5.10. The molecule has 0 saturated carbocycles. The number of hydrogen-bond acceptors (Lipinski definition) is 5. The zero-order valence-electron chi connectivity index (χ0n) is 12.7. The third-order valence-corrected chi connectivity index (χ3v) is 3.47. The molecule has 0 aliphatic heterocycles. The Morgan fingerprint density at radius 3 is 2.58 bits per heavy atom. The fourth-order valence-electron chi connectivity index (χ4n) is 2.21. The predicted molar refractivity (Wildman–Crippen MR) is 88.9 cm³/mol. The molecule has 0 aliphatic rings. The molecule has 0 spiro atoms. The van der Waals surface area contributed by atoms with Gasteiger partial charge in [-0.25, -0.2) is 0 Å². The first-order valence-electron chi connectivity index (χ1n) is 7.09. The highest BCUT2D eigenvalue weighted by molar-refractivity contribution is 5.72. The van der Waals surface area contributed by atoms with E-state index in [0.717, 1.165) is 5.56 Å². The second kappa shape index (κ2) is 6.29. The van der Waals surface area contributed by atoms with Crippen molar-refractivity contribution in [3.8, 4) is 11.3 Å². The van der Waals surface area contributed by atoms with Gasteiger partial charge in [-0.3, -0.25) is 25.1 Å². The average Bonchev–Trinajstić information content (AvgIpc) is 2.95. The Hall–Kier alpha value is -3.55. The van der Waals surface area contributed by atoms with Crippen LogP contribution < -0.4 is 5.56 Å². The molecular weight excluding hydrogens is 310 g/mol. The summed E-state index contributed by atoms with van der Waals surface area (Å²) < 4.78 is 0. The van der Waals surface area contributed by atoms with Crippen molar-refractivity contribution >= 4 is 17.1 Å². The predicted octanol–water partition coefficient (Wildman–Crippen LogP) is 4.00. The van der Waals surface area contributed by atoms with Gasteiger partial charge in [0.2, 0.25) is 0 Å². The van der Waals surface area contributed by atoms with Gasteiger partial charge >= 0.3 is 0 Å². The Bertz CT molecular complexity index is 987. The molecule has 2 aromatic carbocycles. The molecule has 0 atom stereocenters. The minimum absolute atomic E-state index is 0.0683. The molecule has 0 fully saturated rings. The number of rotatable bonds is 4. The van der Waals surface area contributed by atoms with E-state index in [2.05, 4.69) is 20.4 Å². The number of hydrogen-bond donors (Lipinski definition) is 2. The van der Waals surface area contributed by atoms with Crippen LogP contribution in [0.25, 0.3) is 11.3 Å². The Balaban J connectivity index is 2.04. The summed E-state index contributed by atoms with van der Waals surface area (Å²) in [4.78, 5) is 22.4. The van der Waals surface area contributed by atoms with E-state index in [1.807, 2.05) is 25.1 Å². The van der Waals surface area contributed by atoms with Crippen molar-refractivity contribution in [3.63, 3.8) is 0 Å². The molecule has 8 nitrogen and oxygen atoms in total. The van der Waals surface area contributed by atoms with Crippen molar-refractivity contribution in [2.24, 2.45) is 10.2 Å². The normalized spacial score (nSPS) is 11.0. The summed E-state index contributed by atoms with van der Waals surface area (Å²) in [7, 11) is 0. The number of benzene rings is 2. The largest absolute Gasteiger partial charge is 0.295 e. The monoisotopic (exact) mass is 323 g/mol. The summed E-state index contributed by atoms with van der Waals surface area (Å²) in [6.07, 6.45) is 0. The Morgan fingerprint density at radius 2 is 1.83 bits per heavy atom. The molecule has 2 N–H and O–H groups in total. The number of nitrogens with zero attached hydrogens (tertiary/aromatic N) is 3. The van der Waals surface area contributed by atoms with Gasteiger partial charge in [0.25, 0.3) is 11.2 Å². The SMILES string of the molecule is Cc1ccccc1N=Nc1c(-c2cccc([N+](=O)[O-])c2)[nH][nH]c1=O. The van der Waals surface area contributed by atoms with Crippen LogP contribution in [0.2, 0.25) is 0 Å². The maximum Gasteiger partial charge on any atom is 0.292 e. The van der Waals surface area contributed by atoms with Gasteiger partial charge in [0.05, 0.1) is 16.3 Å². The van der Waals surface area contributed by atoms with Crippen LogP contribution >= 0.6 is 0 Å². The number of nitro benzene ring substituents is 1. The fourth-order valence-corrected chi connectivity index (χ4v) is 2.21. The zero-order valence-corrected chi connectivity index (χ0v) is 12.7. The minimum Gasteiger partial charge on any atom is -0.295 e. The molecule has 8 heteroatoms. The van der Waals surface area contributed by atoms with Gasteiger partial charge in [-0.2, -0.15) is 5.11 Å². The molecule has 1 heterocycles. The molecule has 0 saturated heterocycles. The Morgan fingerprint density at radius 1 is 1.04 bits per heavy atom. The van der Waals surface area contributed by atoms with E-state index in [1.54, 1.807) is 18.2 Å². The first kappa shape index (κ1) is 15.3. The van der Waals surface area contributed by atoms with Gasteiger partial charge in [0.1, 0.15) is 0 Å². The highest BCUT2D eigenvalue weighted by Crippen LogP contribution is 2.29. The number of non-ortho nitro benzene ring substituents is 1. The molecule has 0 unspecified atom stereocenters. The lowest BCUT2D eigenvalue weighted by Crippen LogP contribution is -1.96. The highest BCUT2D eigenvalue weighted by atomic mass is 16.6. The third-order valence-electron chi connectivity index (χ3n) is 3.47. The average molecular weight is 323 g/mol. The maximum absolute atomic E-state index is 12.0. The van der Waals surface area contributed by atoms with Crippen molar-refractivity contribution in [2.75, 3.05) is 0 Å². The van der Waals surface area contributed by atoms with Gasteiger partial charge in [0, 0.05) is 17.7 Å². The number of nitro groups is 1. The van der Waals surface area contributed by atoms with Crippen LogP contribution in [0.3, 0.4) is 0 Å². The summed E-state index contributed by atoms with van der Waals surface area (Å²) in [5, 5.41) is 24.2. The van der Waals surface area contributed by atoms with Crippen LogP contribution in [0.1, 0.15) is 5.56 Å². The Kier molecular flexibility index (Phi) is 4.02. The van der Waals surface area contributed by atoms with Gasteiger partial charge < -0.3 is 0 Å². The molecular formula is C16H13N5O3.